The fourth-order valence-electron chi connectivity index (χ4n) is 3.58. The maximum atomic E-state index is 12.0. The molecule has 1 fully saturated rings. The van der Waals surface area contributed by atoms with Crippen LogP contribution in [0.5, 0.6) is 0 Å². The second-order valence-electron chi connectivity index (χ2n) is 6.53. The highest BCUT2D eigenvalue weighted by Crippen LogP contribution is 2.53. The van der Waals surface area contributed by atoms with E-state index in [9.17, 15) is 9.59 Å². The molecule has 0 radical (unpaired) electrons. The molecular formula is C17H18O6. The molecule has 6 heteroatoms. The molecule has 1 saturated heterocycles. The maximum absolute atomic E-state index is 12.0. The number of fused-ring (bicyclic) bond motifs is 4. The summed E-state index contributed by atoms with van der Waals surface area (Å²) >= 11 is 0. The molecule has 23 heavy (non-hydrogen) atoms. The number of epoxide rings is 1. The fraction of sp³-hybridized carbons (Fsp3) is 0.529. The van der Waals surface area contributed by atoms with Gasteiger partial charge in [-0.05, 0) is 38.3 Å². The molecule has 6 nitrogen and oxygen atoms in total. The Labute approximate surface area is 133 Å². The largest absolute Gasteiger partial charge is 0.465 e. The van der Waals surface area contributed by atoms with E-state index in [4.69, 9.17) is 18.6 Å². The first kappa shape index (κ1) is 14.5. The number of aryl methyl sites for hydroxylation is 1. The monoisotopic (exact) mass is 318 g/mol. The standard InChI is InChI=1S/C17H18O6/c1-8-7-20-14-13(8)11-6-10(16(19)22-11)4-5-12-17(3,23-12)15(14)21-9(2)18/h6-7,11-12,15H,4-5H2,1-3H3/t11-,12+,15-,17-/m1/s1. The maximum Gasteiger partial charge on any atom is 0.334 e. The highest BCUT2D eigenvalue weighted by Gasteiger charge is 2.61. The summed E-state index contributed by atoms with van der Waals surface area (Å²) < 4.78 is 22.6. The summed E-state index contributed by atoms with van der Waals surface area (Å²) in [7, 11) is 0. The zero-order chi connectivity index (χ0) is 16.4. The number of hydrogen-bond donors (Lipinski definition) is 0. The van der Waals surface area contributed by atoms with Crippen molar-refractivity contribution in [1.82, 2.24) is 0 Å². The SMILES string of the molecule is CC(=O)O[C@@H]1c2occ(C)c2[C@H]2C=C(CC[C@@H]3O[C@]31C)C(=O)O2. The van der Waals surface area contributed by atoms with Gasteiger partial charge in [0.1, 0.15) is 5.60 Å². The Balaban J connectivity index is 1.85. The average molecular weight is 318 g/mol. The first-order valence-electron chi connectivity index (χ1n) is 7.74. The molecule has 0 saturated carbocycles. The van der Waals surface area contributed by atoms with Crippen molar-refractivity contribution in [1.29, 1.82) is 0 Å². The lowest BCUT2D eigenvalue weighted by Crippen LogP contribution is -2.27. The van der Waals surface area contributed by atoms with Crippen LogP contribution in [0.2, 0.25) is 0 Å². The average Bonchev–Trinajstić information content (AvgIpc) is 2.80. The molecule has 1 aliphatic carbocycles. The first-order valence-corrected chi connectivity index (χ1v) is 7.74. The zero-order valence-corrected chi connectivity index (χ0v) is 13.3. The second-order valence-corrected chi connectivity index (χ2v) is 6.53. The molecule has 4 rings (SSSR count). The van der Waals surface area contributed by atoms with Crippen molar-refractivity contribution in [2.75, 3.05) is 0 Å². The summed E-state index contributed by atoms with van der Waals surface area (Å²) in [6.45, 7) is 5.16. The van der Waals surface area contributed by atoms with Crippen LogP contribution >= 0.6 is 0 Å². The quantitative estimate of drug-likeness (QED) is 0.585. The van der Waals surface area contributed by atoms with Gasteiger partial charge in [-0.1, -0.05) is 0 Å². The van der Waals surface area contributed by atoms with Crippen LogP contribution in [0.1, 0.15) is 55.8 Å². The summed E-state index contributed by atoms with van der Waals surface area (Å²) in [4.78, 5) is 23.6. The number of carbonyl (C=O) groups excluding carboxylic acids is 2. The van der Waals surface area contributed by atoms with E-state index < -0.39 is 23.8 Å². The van der Waals surface area contributed by atoms with Crippen molar-refractivity contribution in [3.05, 3.63) is 34.8 Å². The summed E-state index contributed by atoms with van der Waals surface area (Å²) in [5.41, 5.74) is 1.64. The summed E-state index contributed by atoms with van der Waals surface area (Å²) in [6, 6.07) is 0. The van der Waals surface area contributed by atoms with Crippen LogP contribution in [-0.4, -0.2) is 23.6 Å². The number of esters is 2. The van der Waals surface area contributed by atoms with Crippen molar-refractivity contribution in [2.45, 2.75) is 57.5 Å². The lowest BCUT2D eigenvalue weighted by Gasteiger charge is -2.22. The highest BCUT2D eigenvalue weighted by atomic mass is 16.7. The molecule has 0 N–H and O–H groups in total. The number of hydrogen-bond acceptors (Lipinski definition) is 6. The van der Waals surface area contributed by atoms with E-state index in [2.05, 4.69) is 0 Å². The van der Waals surface area contributed by atoms with Gasteiger partial charge in [-0.15, -0.1) is 0 Å². The van der Waals surface area contributed by atoms with Crippen molar-refractivity contribution in [3.8, 4) is 0 Å². The molecule has 1 aromatic heterocycles. The van der Waals surface area contributed by atoms with Gasteiger partial charge in [0.05, 0.1) is 12.4 Å². The van der Waals surface area contributed by atoms with E-state index in [1.807, 2.05) is 19.9 Å². The van der Waals surface area contributed by atoms with Crippen LogP contribution in [0.15, 0.2) is 22.3 Å². The molecule has 3 aliphatic rings. The smallest absolute Gasteiger partial charge is 0.334 e. The first-order chi connectivity index (χ1) is 10.9. The molecular weight excluding hydrogens is 300 g/mol. The summed E-state index contributed by atoms with van der Waals surface area (Å²) in [5.74, 6) is -0.197. The predicted molar refractivity (Wildman–Crippen MR) is 77.4 cm³/mol. The van der Waals surface area contributed by atoms with E-state index in [1.54, 1.807) is 6.26 Å². The van der Waals surface area contributed by atoms with E-state index in [0.29, 0.717) is 24.2 Å². The fourth-order valence-corrected chi connectivity index (χ4v) is 3.58. The number of furan rings is 1. The molecule has 3 heterocycles. The topological polar surface area (TPSA) is 78.3 Å². The van der Waals surface area contributed by atoms with Gasteiger partial charge in [0.2, 0.25) is 0 Å². The third-order valence-electron chi connectivity index (χ3n) is 4.88. The Morgan fingerprint density at radius 3 is 2.96 bits per heavy atom. The van der Waals surface area contributed by atoms with Gasteiger partial charge in [0, 0.05) is 18.1 Å². The van der Waals surface area contributed by atoms with Gasteiger partial charge in [0.25, 0.3) is 0 Å². The van der Waals surface area contributed by atoms with Gasteiger partial charge >= 0.3 is 11.9 Å². The van der Waals surface area contributed by atoms with Crippen LogP contribution in [-0.2, 0) is 23.8 Å². The van der Waals surface area contributed by atoms with Gasteiger partial charge in [-0.2, -0.15) is 0 Å². The normalized spacial score (nSPS) is 34.8. The van der Waals surface area contributed by atoms with Crippen LogP contribution in [0.4, 0.5) is 0 Å². The molecule has 0 spiro atoms. The molecule has 0 aromatic carbocycles. The van der Waals surface area contributed by atoms with E-state index in [-0.39, 0.29) is 12.1 Å². The summed E-state index contributed by atoms with van der Waals surface area (Å²) in [5, 5.41) is 0. The van der Waals surface area contributed by atoms with Crippen molar-refractivity contribution < 1.29 is 28.2 Å². The molecule has 0 amide bonds. The van der Waals surface area contributed by atoms with Crippen molar-refractivity contribution in [2.24, 2.45) is 0 Å². The number of ether oxygens (including phenoxy) is 3. The Morgan fingerprint density at radius 1 is 1.43 bits per heavy atom. The molecule has 2 aliphatic heterocycles. The number of carbonyl (C=O) groups is 2. The van der Waals surface area contributed by atoms with E-state index in [0.717, 1.165) is 11.1 Å². The van der Waals surface area contributed by atoms with Crippen LogP contribution in [0.25, 0.3) is 0 Å². The molecule has 0 unspecified atom stereocenters. The Bertz CT molecular complexity index is 729. The van der Waals surface area contributed by atoms with Crippen LogP contribution < -0.4 is 0 Å². The van der Waals surface area contributed by atoms with E-state index in [1.165, 1.54) is 6.92 Å². The van der Waals surface area contributed by atoms with Crippen molar-refractivity contribution in [3.63, 3.8) is 0 Å². The van der Waals surface area contributed by atoms with Crippen molar-refractivity contribution >= 4 is 11.9 Å². The van der Waals surface area contributed by atoms with Crippen LogP contribution in [0, 0.1) is 6.92 Å². The van der Waals surface area contributed by atoms with Gasteiger partial charge in [-0.25, -0.2) is 4.79 Å². The summed E-state index contributed by atoms with van der Waals surface area (Å²) in [6.07, 6.45) is 3.46. The minimum Gasteiger partial charge on any atom is -0.465 e. The Kier molecular flexibility index (Phi) is 2.97. The molecule has 122 valence electrons. The van der Waals surface area contributed by atoms with Gasteiger partial charge in [-0.3, -0.25) is 4.79 Å². The lowest BCUT2D eigenvalue weighted by atomic mass is 9.89. The van der Waals surface area contributed by atoms with Crippen LogP contribution in [0.3, 0.4) is 0 Å². The van der Waals surface area contributed by atoms with E-state index >= 15 is 0 Å². The van der Waals surface area contributed by atoms with Gasteiger partial charge < -0.3 is 18.6 Å². The second kappa shape index (κ2) is 4.71. The molecule has 1 aromatic rings. The highest BCUT2D eigenvalue weighted by molar-refractivity contribution is 5.91. The minimum atomic E-state index is -0.650. The Hall–Kier alpha value is -2.08. The molecule has 2 bridgehead atoms. The lowest BCUT2D eigenvalue weighted by molar-refractivity contribution is -0.151. The zero-order valence-electron chi connectivity index (χ0n) is 13.3. The number of rotatable bonds is 1. The predicted octanol–water partition coefficient (Wildman–Crippen LogP) is 2.67. The van der Waals surface area contributed by atoms with Gasteiger partial charge in [0.15, 0.2) is 18.0 Å². The Morgan fingerprint density at radius 2 is 2.22 bits per heavy atom. The third-order valence-corrected chi connectivity index (χ3v) is 4.88. The third kappa shape index (κ3) is 2.12. The molecule has 4 atom stereocenters. The minimum absolute atomic E-state index is 0.0871.